The van der Waals surface area contributed by atoms with Crippen LogP contribution in [0.15, 0.2) is 89.4 Å². The van der Waals surface area contributed by atoms with E-state index in [-0.39, 0.29) is 11.5 Å². The Kier molecular flexibility index (Phi) is 5.06. The van der Waals surface area contributed by atoms with Crippen molar-refractivity contribution in [1.82, 2.24) is 0 Å². The molecule has 1 atom stereocenters. The van der Waals surface area contributed by atoms with Crippen molar-refractivity contribution in [3.05, 3.63) is 107 Å². The summed E-state index contributed by atoms with van der Waals surface area (Å²) in [5, 5.41) is 0. The molecule has 1 unspecified atom stereocenters. The molecule has 5 rings (SSSR count). The van der Waals surface area contributed by atoms with Crippen LogP contribution in [-0.4, -0.2) is 30.9 Å². The SMILES string of the molecule is CCOC1(C2=CC(C)(C)N=C2c2ccccc2)c2ccccc2-c2c(C(=O)OC)cccc21. The standard InChI is InChI=1S/C29H27NO3/c1-5-33-29(24-18-28(2,3)30-26(24)19-12-7-6-8-13-19)22-16-10-9-14-20(22)25-21(27(31)32-4)15-11-17-23(25)29/h6-18H,5H2,1-4H3. The highest BCUT2D eigenvalue weighted by Crippen LogP contribution is 2.56. The maximum Gasteiger partial charge on any atom is 0.338 e. The zero-order chi connectivity index (χ0) is 23.2. The second-order valence-electron chi connectivity index (χ2n) is 8.92. The summed E-state index contributed by atoms with van der Waals surface area (Å²) >= 11 is 0. The highest BCUT2D eigenvalue weighted by Gasteiger charge is 2.51. The molecule has 1 aliphatic carbocycles. The molecule has 33 heavy (non-hydrogen) atoms. The van der Waals surface area contributed by atoms with Crippen molar-refractivity contribution in [2.75, 3.05) is 13.7 Å². The van der Waals surface area contributed by atoms with Gasteiger partial charge in [0.05, 0.1) is 23.9 Å². The van der Waals surface area contributed by atoms with E-state index in [1.165, 1.54) is 7.11 Å². The number of rotatable bonds is 5. The fourth-order valence-electron chi connectivity index (χ4n) is 5.20. The molecule has 4 nitrogen and oxygen atoms in total. The summed E-state index contributed by atoms with van der Waals surface area (Å²) in [6, 6.07) is 24.2. The minimum Gasteiger partial charge on any atom is -0.465 e. The summed E-state index contributed by atoms with van der Waals surface area (Å²) in [5.74, 6) is -0.355. The summed E-state index contributed by atoms with van der Waals surface area (Å²) in [6.07, 6.45) is 2.21. The highest BCUT2D eigenvalue weighted by atomic mass is 16.5. The van der Waals surface area contributed by atoms with Crippen molar-refractivity contribution in [3.63, 3.8) is 0 Å². The highest BCUT2D eigenvalue weighted by molar-refractivity contribution is 6.17. The van der Waals surface area contributed by atoms with E-state index < -0.39 is 5.60 Å². The lowest BCUT2D eigenvalue weighted by molar-refractivity contribution is 0.0262. The maximum atomic E-state index is 12.8. The fourth-order valence-corrected chi connectivity index (χ4v) is 5.20. The average Bonchev–Trinajstić information content (AvgIpc) is 3.32. The second-order valence-corrected chi connectivity index (χ2v) is 8.92. The lowest BCUT2D eigenvalue weighted by atomic mass is 9.79. The first-order chi connectivity index (χ1) is 15.9. The zero-order valence-corrected chi connectivity index (χ0v) is 19.4. The summed E-state index contributed by atoms with van der Waals surface area (Å²) in [5.41, 5.74) is 6.06. The van der Waals surface area contributed by atoms with E-state index in [0.717, 1.165) is 39.1 Å². The van der Waals surface area contributed by atoms with Crippen molar-refractivity contribution < 1.29 is 14.3 Å². The topological polar surface area (TPSA) is 47.9 Å². The van der Waals surface area contributed by atoms with Gasteiger partial charge in [0.1, 0.15) is 5.60 Å². The van der Waals surface area contributed by atoms with Crippen LogP contribution in [0.2, 0.25) is 0 Å². The number of benzene rings is 3. The Morgan fingerprint density at radius 2 is 1.61 bits per heavy atom. The molecule has 0 fully saturated rings. The van der Waals surface area contributed by atoms with Gasteiger partial charge in [0.15, 0.2) is 0 Å². The van der Waals surface area contributed by atoms with E-state index in [0.29, 0.717) is 12.2 Å². The molecule has 3 aromatic rings. The Balaban J connectivity index is 1.86. The van der Waals surface area contributed by atoms with Gasteiger partial charge >= 0.3 is 5.97 Å². The molecule has 0 spiro atoms. The molecule has 0 radical (unpaired) electrons. The van der Waals surface area contributed by atoms with Crippen LogP contribution in [0.5, 0.6) is 0 Å². The Hall–Kier alpha value is -3.50. The smallest absolute Gasteiger partial charge is 0.338 e. The summed E-state index contributed by atoms with van der Waals surface area (Å²) in [4.78, 5) is 17.9. The molecule has 2 aliphatic rings. The molecule has 0 N–H and O–H groups in total. The number of hydrogen-bond acceptors (Lipinski definition) is 4. The molecule has 0 amide bonds. The number of aliphatic imine (C=N–C) groups is 1. The quantitative estimate of drug-likeness (QED) is 0.464. The third kappa shape index (κ3) is 3.17. The van der Waals surface area contributed by atoms with Crippen LogP contribution < -0.4 is 0 Å². The fraction of sp³-hybridized carbons (Fsp3) is 0.241. The van der Waals surface area contributed by atoms with E-state index in [2.05, 4.69) is 50.3 Å². The Morgan fingerprint density at radius 1 is 0.909 bits per heavy atom. The van der Waals surface area contributed by atoms with Gasteiger partial charge in [-0.25, -0.2) is 4.79 Å². The van der Waals surface area contributed by atoms with Gasteiger partial charge in [-0.1, -0.05) is 66.7 Å². The zero-order valence-electron chi connectivity index (χ0n) is 19.4. The Bertz CT molecular complexity index is 1300. The predicted molar refractivity (Wildman–Crippen MR) is 131 cm³/mol. The minimum absolute atomic E-state index is 0.355. The number of ether oxygens (including phenoxy) is 2. The molecule has 0 saturated heterocycles. The number of fused-ring (bicyclic) bond motifs is 3. The van der Waals surface area contributed by atoms with Crippen LogP contribution in [0.4, 0.5) is 0 Å². The van der Waals surface area contributed by atoms with Crippen LogP contribution in [0.3, 0.4) is 0 Å². The third-order valence-electron chi connectivity index (χ3n) is 6.36. The van der Waals surface area contributed by atoms with Gasteiger partial charge in [0.2, 0.25) is 0 Å². The van der Waals surface area contributed by atoms with Gasteiger partial charge in [-0.2, -0.15) is 0 Å². The van der Waals surface area contributed by atoms with Crippen LogP contribution in [0.25, 0.3) is 11.1 Å². The average molecular weight is 438 g/mol. The number of carbonyl (C=O) groups is 1. The van der Waals surface area contributed by atoms with E-state index in [9.17, 15) is 4.79 Å². The van der Waals surface area contributed by atoms with Crippen LogP contribution in [0.1, 0.15) is 47.8 Å². The largest absolute Gasteiger partial charge is 0.465 e. The van der Waals surface area contributed by atoms with E-state index in [1.54, 1.807) is 0 Å². The summed E-state index contributed by atoms with van der Waals surface area (Å²) in [7, 11) is 1.42. The lowest BCUT2D eigenvalue weighted by Gasteiger charge is -2.34. The third-order valence-corrected chi connectivity index (χ3v) is 6.36. The first-order valence-electron chi connectivity index (χ1n) is 11.3. The molecule has 0 bridgehead atoms. The lowest BCUT2D eigenvalue weighted by Crippen LogP contribution is -2.35. The molecule has 1 heterocycles. The summed E-state index contributed by atoms with van der Waals surface area (Å²) < 4.78 is 11.9. The second kappa shape index (κ2) is 7.82. The van der Waals surface area contributed by atoms with E-state index >= 15 is 0 Å². The summed E-state index contributed by atoms with van der Waals surface area (Å²) in [6.45, 7) is 6.72. The van der Waals surface area contributed by atoms with E-state index in [1.807, 2.05) is 49.4 Å². The van der Waals surface area contributed by atoms with Gasteiger partial charge < -0.3 is 9.47 Å². The molecule has 4 heteroatoms. The molecular formula is C29H27NO3. The molecule has 0 aromatic heterocycles. The molecule has 166 valence electrons. The molecule has 3 aromatic carbocycles. The molecule has 1 aliphatic heterocycles. The normalized spacial score (nSPS) is 20.0. The Morgan fingerprint density at radius 3 is 2.33 bits per heavy atom. The van der Waals surface area contributed by atoms with Crippen molar-refractivity contribution in [1.29, 1.82) is 0 Å². The number of carbonyl (C=O) groups excluding carboxylic acids is 1. The minimum atomic E-state index is -0.882. The van der Waals surface area contributed by atoms with Gasteiger partial charge in [-0.3, -0.25) is 4.99 Å². The van der Waals surface area contributed by atoms with Crippen molar-refractivity contribution in [2.45, 2.75) is 31.9 Å². The van der Waals surface area contributed by atoms with Gasteiger partial charge in [0.25, 0.3) is 0 Å². The Labute approximate surface area is 194 Å². The maximum absolute atomic E-state index is 12.8. The number of methoxy groups -OCH3 is 1. The number of esters is 1. The van der Waals surface area contributed by atoms with Crippen molar-refractivity contribution >= 4 is 11.7 Å². The van der Waals surface area contributed by atoms with Gasteiger partial charge in [-0.05, 0) is 38.5 Å². The van der Waals surface area contributed by atoms with E-state index in [4.69, 9.17) is 14.5 Å². The number of hydrogen-bond donors (Lipinski definition) is 0. The van der Waals surface area contributed by atoms with Crippen molar-refractivity contribution in [3.8, 4) is 11.1 Å². The monoisotopic (exact) mass is 437 g/mol. The first-order valence-corrected chi connectivity index (χ1v) is 11.3. The van der Waals surface area contributed by atoms with Gasteiger partial charge in [-0.15, -0.1) is 0 Å². The van der Waals surface area contributed by atoms with Crippen molar-refractivity contribution in [2.24, 2.45) is 4.99 Å². The van der Waals surface area contributed by atoms with Crippen LogP contribution in [-0.2, 0) is 15.1 Å². The van der Waals surface area contributed by atoms with Crippen LogP contribution in [0, 0.1) is 0 Å². The van der Waals surface area contributed by atoms with Crippen LogP contribution >= 0.6 is 0 Å². The number of nitrogens with zero attached hydrogens (tertiary/aromatic N) is 1. The molecular weight excluding hydrogens is 410 g/mol. The molecule has 0 saturated carbocycles. The van der Waals surface area contributed by atoms with Gasteiger partial charge in [0, 0.05) is 34.4 Å². The predicted octanol–water partition coefficient (Wildman–Crippen LogP) is 5.94. The first kappa shape index (κ1) is 21.4.